The van der Waals surface area contributed by atoms with Gasteiger partial charge in [0.1, 0.15) is 0 Å². The van der Waals surface area contributed by atoms with Crippen LogP contribution in [0, 0.1) is 0 Å². The van der Waals surface area contributed by atoms with Gasteiger partial charge in [-0.05, 0) is 29.7 Å². The Bertz CT molecular complexity index is 743. The van der Waals surface area contributed by atoms with Crippen LogP contribution < -0.4 is 5.32 Å². The van der Waals surface area contributed by atoms with E-state index >= 15 is 0 Å². The smallest absolute Gasteiger partial charge is 0.0429 e. The largest absolute Gasteiger partial charge is 0.381 e. The number of para-hydroxylation sites is 1. The summed E-state index contributed by atoms with van der Waals surface area (Å²) in [5.41, 5.74) is 3.85. The molecule has 0 radical (unpaired) electrons. The molecule has 0 saturated carbocycles. The van der Waals surface area contributed by atoms with Crippen LogP contribution in [0.5, 0.6) is 0 Å². The summed E-state index contributed by atoms with van der Waals surface area (Å²) in [5.74, 6) is 0. The van der Waals surface area contributed by atoms with Gasteiger partial charge in [-0.25, -0.2) is 0 Å². The Balaban J connectivity index is 1.73. The molecule has 1 N–H and O–H groups in total. The molecule has 138 valence electrons. The summed E-state index contributed by atoms with van der Waals surface area (Å²) in [4.78, 5) is 2.45. The van der Waals surface area contributed by atoms with Gasteiger partial charge in [-0.15, -0.1) is 6.58 Å². The quantitative estimate of drug-likeness (QED) is 0.489. The van der Waals surface area contributed by atoms with Crippen molar-refractivity contribution in [3.63, 3.8) is 0 Å². The number of hydrogen-bond acceptors (Lipinski definition) is 2. The average molecular weight is 357 g/mol. The van der Waals surface area contributed by atoms with Gasteiger partial charge in [0.15, 0.2) is 0 Å². The molecule has 2 nitrogen and oxygen atoms in total. The third-order valence-corrected chi connectivity index (χ3v) is 4.58. The van der Waals surface area contributed by atoms with Gasteiger partial charge in [-0.1, -0.05) is 84.9 Å². The van der Waals surface area contributed by atoms with Crippen molar-refractivity contribution in [2.24, 2.45) is 0 Å². The van der Waals surface area contributed by atoms with E-state index in [0.717, 1.165) is 31.7 Å². The first-order valence-electron chi connectivity index (χ1n) is 9.56. The van der Waals surface area contributed by atoms with Crippen LogP contribution >= 0.6 is 0 Å². The molecule has 3 aromatic carbocycles. The van der Waals surface area contributed by atoms with Gasteiger partial charge in [0.2, 0.25) is 0 Å². The SMILES string of the molecule is C=CCN(Cc1ccccc1)C[C@H](Cc1ccccc1)Nc1ccccc1. The molecule has 0 heterocycles. The lowest BCUT2D eigenvalue weighted by Crippen LogP contribution is -2.38. The molecule has 0 fully saturated rings. The fourth-order valence-electron chi connectivity index (χ4n) is 3.37. The highest BCUT2D eigenvalue weighted by Crippen LogP contribution is 2.14. The average Bonchev–Trinajstić information content (AvgIpc) is 2.70. The predicted octanol–water partition coefficient (Wildman–Crippen LogP) is 5.40. The van der Waals surface area contributed by atoms with Crippen LogP contribution in [0.3, 0.4) is 0 Å². The zero-order valence-corrected chi connectivity index (χ0v) is 15.8. The Morgan fingerprint density at radius 3 is 1.93 bits per heavy atom. The molecule has 0 aliphatic rings. The van der Waals surface area contributed by atoms with Crippen LogP contribution in [0.25, 0.3) is 0 Å². The lowest BCUT2D eigenvalue weighted by molar-refractivity contribution is 0.280. The summed E-state index contributed by atoms with van der Waals surface area (Å²) in [6, 6.07) is 32.1. The highest BCUT2D eigenvalue weighted by molar-refractivity contribution is 5.44. The van der Waals surface area contributed by atoms with Crippen LogP contribution in [0.2, 0.25) is 0 Å². The van der Waals surface area contributed by atoms with Crippen molar-refractivity contribution in [1.29, 1.82) is 0 Å². The maximum Gasteiger partial charge on any atom is 0.0429 e. The third kappa shape index (κ3) is 6.43. The number of nitrogens with one attached hydrogen (secondary N) is 1. The third-order valence-electron chi connectivity index (χ3n) is 4.58. The Kier molecular flexibility index (Phi) is 7.25. The number of rotatable bonds is 10. The first kappa shape index (κ1) is 18.9. The predicted molar refractivity (Wildman–Crippen MR) is 116 cm³/mol. The van der Waals surface area contributed by atoms with Gasteiger partial charge in [-0.2, -0.15) is 0 Å². The summed E-state index contributed by atoms with van der Waals surface area (Å²) in [5, 5.41) is 3.73. The molecule has 27 heavy (non-hydrogen) atoms. The minimum atomic E-state index is 0.318. The van der Waals surface area contributed by atoms with E-state index in [9.17, 15) is 0 Å². The zero-order chi connectivity index (χ0) is 18.7. The second-order valence-electron chi connectivity index (χ2n) is 6.87. The zero-order valence-electron chi connectivity index (χ0n) is 15.8. The minimum Gasteiger partial charge on any atom is -0.381 e. The second kappa shape index (κ2) is 10.3. The van der Waals surface area contributed by atoms with Gasteiger partial charge < -0.3 is 5.32 Å². The normalized spacial score (nSPS) is 11.9. The second-order valence-corrected chi connectivity index (χ2v) is 6.87. The van der Waals surface area contributed by atoms with Crippen LogP contribution in [0.1, 0.15) is 11.1 Å². The molecular weight excluding hydrogens is 328 g/mol. The van der Waals surface area contributed by atoms with Crippen LogP contribution in [-0.2, 0) is 13.0 Å². The molecule has 0 saturated heterocycles. The van der Waals surface area contributed by atoms with Gasteiger partial charge in [0, 0.05) is 31.4 Å². The fourth-order valence-corrected chi connectivity index (χ4v) is 3.37. The summed E-state index contributed by atoms with van der Waals surface area (Å²) < 4.78 is 0. The van der Waals surface area contributed by atoms with E-state index in [2.05, 4.69) is 108 Å². The number of benzene rings is 3. The summed E-state index contributed by atoms with van der Waals surface area (Å²) >= 11 is 0. The summed E-state index contributed by atoms with van der Waals surface area (Å²) in [6.45, 7) is 6.70. The maximum atomic E-state index is 3.96. The molecule has 0 amide bonds. The Morgan fingerprint density at radius 1 is 0.778 bits per heavy atom. The lowest BCUT2D eigenvalue weighted by atomic mass is 10.0. The highest BCUT2D eigenvalue weighted by atomic mass is 15.1. The first-order valence-corrected chi connectivity index (χ1v) is 9.56. The van der Waals surface area contributed by atoms with Crippen molar-refractivity contribution in [3.05, 3.63) is 115 Å². The van der Waals surface area contributed by atoms with E-state index in [0.29, 0.717) is 6.04 Å². The number of hydrogen-bond donors (Lipinski definition) is 1. The number of nitrogens with zero attached hydrogens (tertiary/aromatic N) is 1. The Labute approximate surface area is 163 Å². The highest BCUT2D eigenvalue weighted by Gasteiger charge is 2.15. The van der Waals surface area contributed by atoms with Crippen LogP contribution in [0.15, 0.2) is 104 Å². The van der Waals surface area contributed by atoms with Crippen molar-refractivity contribution in [3.8, 4) is 0 Å². The van der Waals surface area contributed by atoms with E-state index in [1.165, 1.54) is 11.1 Å². The van der Waals surface area contributed by atoms with Crippen molar-refractivity contribution < 1.29 is 0 Å². The van der Waals surface area contributed by atoms with E-state index in [1.54, 1.807) is 0 Å². The molecule has 0 unspecified atom stereocenters. The van der Waals surface area contributed by atoms with E-state index < -0.39 is 0 Å². The van der Waals surface area contributed by atoms with Crippen LogP contribution in [0.4, 0.5) is 5.69 Å². The monoisotopic (exact) mass is 356 g/mol. The molecule has 1 atom stereocenters. The molecule has 0 spiro atoms. The van der Waals surface area contributed by atoms with Crippen molar-refractivity contribution >= 4 is 5.69 Å². The summed E-state index contributed by atoms with van der Waals surface area (Å²) in [7, 11) is 0. The van der Waals surface area contributed by atoms with Crippen molar-refractivity contribution in [1.82, 2.24) is 4.90 Å². The first-order chi connectivity index (χ1) is 13.3. The van der Waals surface area contributed by atoms with Crippen molar-refractivity contribution in [2.45, 2.75) is 19.0 Å². The molecule has 0 aliphatic carbocycles. The molecule has 0 bridgehead atoms. The lowest BCUT2D eigenvalue weighted by Gasteiger charge is -2.28. The topological polar surface area (TPSA) is 15.3 Å². The van der Waals surface area contributed by atoms with E-state index in [1.807, 2.05) is 6.08 Å². The van der Waals surface area contributed by atoms with E-state index in [4.69, 9.17) is 0 Å². The molecule has 3 rings (SSSR count). The van der Waals surface area contributed by atoms with Crippen molar-refractivity contribution in [2.75, 3.05) is 18.4 Å². The molecule has 0 aromatic heterocycles. The van der Waals surface area contributed by atoms with Gasteiger partial charge in [-0.3, -0.25) is 4.90 Å². The van der Waals surface area contributed by atoms with Crippen LogP contribution in [-0.4, -0.2) is 24.0 Å². The van der Waals surface area contributed by atoms with Gasteiger partial charge in [0.25, 0.3) is 0 Å². The van der Waals surface area contributed by atoms with Gasteiger partial charge in [0.05, 0.1) is 0 Å². The molecule has 3 aromatic rings. The fraction of sp³-hybridized carbons (Fsp3) is 0.200. The maximum absolute atomic E-state index is 3.96. The van der Waals surface area contributed by atoms with E-state index in [-0.39, 0.29) is 0 Å². The Morgan fingerprint density at radius 2 is 1.33 bits per heavy atom. The summed E-state index contributed by atoms with van der Waals surface area (Å²) in [6.07, 6.45) is 2.98. The van der Waals surface area contributed by atoms with Gasteiger partial charge >= 0.3 is 0 Å². The number of anilines is 1. The molecule has 0 aliphatic heterocycles. The minimum absolute atomic E-state index is 0.318. The molecular formula is C25H28N2. The molecule has 2 heteroatoms. The Hall–Kier alpha value is -2.84. The standard InChI is InChI=1S/C25H28N2/c1-2-18-27(20-23-14-8-4-9-15-23)21-25(19-22-12-6-3-7-13-22)26-24-16-10-5-11-17-24/h2-17,25-26H,1,18-21H2/t25-/m0/s1.